The molecule has 0 aromatic heterocycles. The average molecular weight is 331 g/mol. The van der Waals surface area contributed by atoms with Crippen LogP contribution in [0.2, 0.25) is 0 Å². The summed E-state index contributed by atoms with van der Waals surface area (Å²) in [6.07, 6.45) is 0.576. The minimum atomic E-state index is -0.112. The van der Waals surface area contributed by atoms with Crippen LogP contribution in [-0.4, -0.2) is 36.2 Å². The SMILES string of the molecule is CCC(=NC)C(=O)N1CC(CCl)c2c1cc(O)c1ccccc21. The van der Waals surface area contributed by atoms with Crippen molar-refractivity contribution in [3.8, 4) is 5.75 Å². The summed E-state index contributed by atoms with van der Waals surface area (Å²) in [5.41, 5.74) is 2.30. The van der Waals surface area contributed by atoms with Gasteiger partial charge in [-0.05, 0) is 17.4 Å². The van der Waals surface area contributed by atoms with E-state index in [1.807, 2.05) is 31.2 Å². The molecule has 1 N–H and O–H groups in total. The first kappa shape index (κ1) is 15.8. The Balaban J connectivity index is 2.20. The highest BCUT2D eigenvalue weighted by atomic mass is 35.5. The van der Waals surface area contributed by atoms with Gasteiger partial charge in [-0.2, -0.15) is 0 Å². The van der Waals surface area contributed by atoms with Gasteiger partial charge in [-0.15, -0.1) is 11.6 Å². The first-order valence-corrected chi connectivity index (χ1v) is 8.23. The summed E-state index contributed by atoms with van der Waals surface area (Å²) >= 11 is 6.16. The molecule has 1 unspecified atom stereocenters. The van der Waals surface area contributed by atoms with Crippen LogP contribution in [0.1, 0.15) is 24.8 Å². The summed E-state index contributed by atoms with van der Waals surface area (Å²) in [4.78, 5) is 18.5. The summed E-state index contributed by atoms with van der Waals surface area (Å²) in [7, 11) is 1.63. The minimum Gasteiger partial charge on any atom is -0.507 e. The monoisotopic (exact) mass is 330 g/mol. The number of rotatable bonds is 3. The van der Waals surface area contributed by atoms with Gasteiger partial charge in [0.05, 0.1) is 11.4 Å². The molecule has 0 spiro atoms. The molecule has 0 fully saturated rings. The molecule has 2 aromatic rings. The molecule has 120 valence electrons. The highest BCUT2D eigenvalue weighted by molar-refractivity contribution is 6.44. The summed E-state index contributed by atoms with van der Waals surface area (Å²) in [6.45, 7) is 2.43. The van der Waals surface area contributed by atoms with Crippen molar-refractivity contribution in [2.24, 2.45) is 4.99 Å². The molecular weight excluding hydrogens is 312 g/mol. The zero-order valence-corrected chi connectivity index (χ0v) is 14.0. The zero-order chi connectivity index (χ0) is 16.6. The van der Waals surface area contributed by atoms with Gasteiger partial charge in [-0.1, -0.05) is 31.2 Å². The minimum absolute atomic E-state index is 0.0519. The number of benzene rings is 2. The molecule has 5 heteroatoms. The van der Waals surface area contributed by atoms with Crippen LogP contribution in [0.15, 0.2) is 35.3 Å². The molecule has 0 bridgehead atoms. The van der Waals surface area contributed by atoms with Crippen molar-refractivity contribution in [1.82, 2.24) is 0 Å². The van der Waals surface area contributed by atoms with Crippen LogP contribution in [-0.2, 0) is 4.79 Å². The lowest BCUT2D eigenvalue weighted by Gasteiger charge is -2.18. The normalized spacial score (nSPS) is 17.6. The molecule has 0 aliphatic carbocycles. The van der Waals surface area contributed by atoms with E-state index in [-0.39, 0.29) is 17.6 Å². The third kappa shape index (κ3) is 2.47. The van der Waals surface area contributed by atoms with Gasteiger partial charge in [0, 0.05) is 36.8 Å². The molecule has 1 aliphatic rings. The van der Waals surface area contributed by atoms with E-state index in [1.54, 1.807) is 18.0 Å². The molecule has 4 nitrogen and oxygen atoms in total. The van der Waals surface area contributed by atoms with E-state index in [0.717, 1.165) is 22.0 Å². The van der Waals surface area contributed by atoms with Crippen molar-refractivity contribution in [3.63, 3.8) is 0 Å². The van der Waals surface area contributed by atoms with E-state index in [1.165, 1.54) is 0 Å². The second kappa shape index (κ2) is 6.20. The number of fused-ring (bicyclic) bond motifs is 3. The molecular formula is C18H19ClN2O2. The number of anilines is 1. The van der Waals surface area contributed by atoms with Crippen molar-refractivity contribution in [2.75, 3.05) is 24.4 Å². The van der Waals surface area contributed by atoms with E-state index in [2.05, 4.69) is 4.99 Å². The maximum absolute atomic E-state index is 12.7. The number of hydrogen-bond acceptors (Lipinski definition) is 3. The Labute approximate surface area is 140 Å². The summed E-state index contributed by atoms with van der Waals surface area (Å²) in [5.74, 6) is 0.546. The number of aliphatic imine (C=N–C) groups is 1. The largest absolute Gasteiger partial charge is 0.507 e. The number of halogens is 1. The topological polar surface area (TPSA) is 52.9 Å². The predicted octanol–water partition coefficient (Wildman–Crippen LogP) is 3.70. The number of phenolic OH excluding ortho intramolecular Hbond substituents is 1. The van der Waals surface area contributed by atoms with E-state index >= 15 is 0 Å². The van der Waals surface area contributed by atoms with Gasteiger partial charge >= 0.3 is 0 Å². The smallest absolute Gasteiger partial charge is 0.272 e. The van der Waals surface area contributed by atoms with Gasteiger partial charge in [0.1, 0.15) is 5.75 Å². The lowest BCUT2D eigenvalue weighted by Crippen LogP contribution is -2.35. The third-order valence-electron chi connectivity index (χ3n) is 4.43. The Hall–Kier alpha value is -2.07. The number of phenols is 1. The molecule has 23 heavy (non-hydrogen) atoms. The Morgan fingerprint density at radius 3 is 2.70 bits per heavy atom. The zero-order valence-electron chi connectivity index (χ0n) is 13.2. The summed E-state index contributed by atoms with van der Waals surface area (Å²) < 4.78 is 0. The number of carbonyl (C=O) groups is 1. The second-order valence-corrected chi connectivity index (χ2v) is 5.97. The van der Waals surface area contributed by atoms with Crippen LogP contribution in [0.25, 0.3) is 10.8 Å². The molecule has 1 aliphatic heterocycles. The van der Waals surface area contributed by atoms with Crippen molar-refractivity contribution in [2.45, 2.75) is 19.3 Å². The average Bonchev–Trinajstić information content (AvgIpc) is 2.94. The second-order valence-electron chi connectivity index (χ2n) is 5.66. The number of hydrogen-bond donors (Lipinski definition) is 1. The predicted molar refractivity (Wildman–Crippen MR) is 95.1 cm³/mol. The van der Waals surface area contributed by atoms with Crippen molar-refractivity contribution >= 4 is 39.7 Å². The van der Waals surface area contributed by atoms with E-state index < -0.39 is 0 Å². The highest BCUT2D eigenvalue weighted by Crippen LogP contribution is 2.45. The summed E-state index contributed by atoms with van der Waals surface area (Å²) in [5, 5.41) is 12.1. The van der Waals surface area contributed by atoms with Gasteiger partial charge in [0.2, 0.25) is 0 Å². The highest BCUT2D eigenvalue weighted by Gasteiger charge is 2.35. The fraction of sp³-hybridized carbons (Fsp3) is 0.333. The molecule has 2 aromatic carbocycles. The van der Waals surface area contributed by atoms with Crippen LogP contribution < -0.4 is 4.90 Å². The number of carbonyl (C=O) groups excluding carboxylic acids is 1. The lowest BCUT2D eigenvalue weighted by atomic mass is 9.95. The first-order valence-electron chi connectivity index (χ1n) is 7.70. The van der Waals surface area contributed by atoms with Crippen molar-refractivity contribution in [3.05, 3.63) is 35.9 Å². The number of amides is 1. The molecule has 0 radical (unpaired) electrons. The Bertz CT molecular complexity index is 801. The van der Waals surface area contributed by atoms with Gasteiger partial charge in [-0.3, -0.25) is 9.79 Å². The van der Waals surface area contributed by atoms with Crippen molar-refractivity contribution in [1.29, 1.82) is 0 Å². The van der Waals surface area contributed by atoms with Crippen LogP contribution in [0, 0.1) is 0 Å². The Kier molecular flexibility index (Phi) is 4.26. The van der Waals surface area contributed by atoms with Crippen LogP contribution in [0.3, 0.4) is 0 Å². The van der Waals surface area contributed by atoms with Crippen molar-refractivity contribution < 1.29 is 9.90 Å². The number of alkyl halides is 1. The van der Waals surface area contributed by atoms with Crippen LogP contribution in [0.4, 0.5) is 5.69 Å². The molecule has 0 saturated heterocycles. The van der Waals surface area contributed by atoms with E-state index in [0.29, 0.717) is 24.6 Å². The third-order valence-corrected chi connectivity index (χ3v) is 4.80. The lowest BCUT2D eigenvalue weighted by molar-refractivity contribution is -0.112. The standard InChI is InChI=1S/C18H19ClN2O2/c1-3-14(20-2)18(23)21-10-11(9-19)17-13-7-5-4-6-12(13)16(22)8-15(17)21/h4-8,11,22H,3,9-10H2,1-2H3. The maximum atomic E-state index is 12.7. The Morgan fingerprint density at radius 1 is 1.39 bits per heavy atom. The summed E-state index contributed by atoms with van der Waals surface area (Å²) in [6, 6.07) is 9.34. The van der Waals surface area contributed by atoms with Crippen LogP contribution >= 0.6 is 11.6 Å². The molecule has 0 saturated carbocycles. The van der Waals surface area contributed by atoms with E-state index in [4.69, 9.17) is 11.6 Å². The molecule has 1 heterocycles. The molecule has 1 atom stereocenters. The van der Waals surface area contributed by atoms with Gasteiger partial charge in [0.25, 0.3) is 5.91 Å². The van der Waals surface area contributed by atoms with E-state index in [9.17, 15) is 9.90 Å². The van der Waals surface area contributed by atoms with Gasteiger partial charge in [0.15, 0.2) is 0 Å². The number of nitrogens with zero attached hydrogens (tertiary/aromatic N) is 2. The van der Waals surface area contributed by atoms with Gasteiger partial charge < -0.3 is 10.0 Å². The van der Waals surface area contributed by atoms with Crippen LogP contribution in [0.5, 0.6) is 5.75 Å². The number of aromatic hydroxyl groups is 1. The fourth-order valence-electron chi connectivity index (χ4n) is 3.31. The quantitative estimate of drug-likeness (QED) is 0.689. The first-order chi connectivity index (χ1) is 11.1. The van der Waals surface area contributed by atoms with Gasteiger partial charge in [-0.25, -0.2) is 0 Å². The molecule has 1 amide bonds. The Morgan fingerprint density at radius 2 is 2.09 bits per heavy atom. The fourth-order valence-corrected chi connectivity index (χ4v) is 3.56. The molecule has 3 rings (SSSR count). The maximum Gasteiger partial charge on any atom is 0.272 e.